The van der Waals surface area contributed by atoms with E-state index >= 15 is 0 Å². The number of ether oxygens (including phenoxy) is 1. The molecule has 0 unspecified atom stereocenters. The van der Waals surface area contributed by atoms with Crippen LogP contribution in [0.2, 0.25) is 0 Å². The summed E-state index contributed by atoms with van der Waals surface area (Å²) in [7, 11) is 1.60. The Kier molecular flexibility index (Phi) is 4.64. The number of carbonyl (C=O) groups excluding carboxylic acids is 1. The molecule has 0 spiro atoms. The molecule has 2 aromatic heterocycles. The molecule has 0 saturated carbocycles. The molecule has 0 radical (unpaired) electrons. The molecule has 5 heteroatoms. The van der Waals surface area contributed by atoms with Crippen molar-refractivity contribution in [3.63, 3.8) is 0 Å². The molecule has 0 atom stereocenters. The molecule has 2 aromatic carbocycles. The molecule has 1 aliphatic heterocycles. The second-order valence-corrected chi connectivity index (χ2v) is 7.37. The largest absolute Gasteiger partial charge is 0.481 e. The number of para-hydroxylation sites is 1. The highest BCUT2D eigenvalue weighted by Gasteiger charge is 2.30. The van der Waals surface area contributed by atoms with E-state index in [0.717, 1.165) is 45.3 Å². The van der Waals surface area contributed by atoms with Crippen molar-refractivity contribution in [3.8, 4) is 17.0 Å². The standard InChI is InChI=1S/C25H21N3O2/c1-30-24-21(9-5-14-26-24)20-8-4-7-18-16-28(25(29)23(18)20)15-13-19-12-11-17-6-2-3-10-22(17)27-19/h2-12,14H,13,15-16H2,1H3. The summed E-state index contributed by atoms with van der Waals surface area (Å²) in [6, 6.07) is 22.0. The molecule has 1 aliphatic rings. The summed E-state index contributed by atoms with van der Waals surface area (Å²) in [5.41, 5.74) is 5.46. The van der Waals surface area contributed by atoms with E-state index in [9.17, 15) is 4.79 Å². The molecular weight excluding hydrogens is 374 g/mol. The number of amides is 1. The van der Waals surface area contributed by atoms with E-state index in [2.05, 4.69) is 17.1 Å². The van der Waals surface area contributed by atoms with Gasteiger partial charge in [0.05, 0.1) is 18.2 Å². The van der Waals surface area contributed by atoms with E-state index in [1.165, 1.54) is 0 Å². The number of hydrogen-bond acceptors (Lipinski definition) is 4. The van der Waals surface area contributed by atoms with Crippen LogP contribution in [-0.2, 0) is 13.0 Å². The highest BCUT2D eigenvalue weighted by molar-refractivity contribution is 6.05. The van der Waals surface area contributed by atoms with Crippen LogP contribution in [-0.4, -0.2) is 34.4 Å². The van der Waals surface area contributed by atoms with Crippen LogP contribution in [0.25, 0.3) is 22.0 Å². The molecule has 0 fully saturated rings. The predicted molar refractivity (Wildman–Crippen MR) is 116 cm³/mol. The van der Waals surface area contributed by atoms with Gasteiger partial charge in [0.15, 0.2) is 0 Å². The number of methoxy groups -OCH3 is 1. The van der Waals surface area contributed by atoms with Gasteiger partial charge in [0, 0.05) is 47.9 Å². The van der Waals surface area contributed by atoms with Crippen molar-refractivity contribution >= 4 is 16.8 Å². The van der Waals surface area contributed by atoms with Gasteiger partial charge in [-0.3, -0.25) is 9.78 Å². The van der Waals surface area contributed by atoms with E-state index in [4.69, 9.17) is 9.72 Å². The Morgan fingerprint density at radius 2 is 1.83 bits per heavy atom. The molecule has 30 heavy (non-hydrogen) atoms. The van der Waals surface area contributed by atoms with Gasteiger partial charge in [0.25, 0.3) is 5.91 Å². The number of carbonyl (C=O) groups is 1. The lowest BCUT2D eigenvalue weighted by molar-refractivity contribution is 0.0780. The summed E-state index contributed by atoms with van der Waals surface area (Å²) in [5, 5.41) is 1.13. The van der Waals surface area contributed by atoms with Crippen molar-refractivity contribution < 1.29 is 9.53 Å². The van der Waals surface area contributed by atoms with Gasteiger partial charge in [-0.1, -0.05) is 42.5 Å². The molecule has 0 N–H and O–H groups in total. The first-order valence-corrected chi connectivity index (χ1v) is 10.00. The minimum Gasteiger partial charge on any atom is -0.481 e. The zero-order chi connectivity index (χ0) is 20.5. The van der Waals surface area contributed by atoms with Gasteiger partial charge in [0.1, 0.15) is 0 Å². The lowest BCUT2D eigenvalue weighted by atomic mass is 9.97. The van der Waals surface area contributed by atoms with Gasteiger partial charge in [-0.15, -0.1) is 0 Å². The van der Waals surface area contributed by atoms with Crippen molar-refractivity contribution in [1.82, 2.24) is 14.9 Å². The third-order valence-electron chi connectivity index (χ3n) is 5.56. The highest BCUT2D eigenvalue weighted by Crippen LogP contribution is 2.36. The fourth-order valence-corrected chi connectivity index (χ4v) is 4.08. The van der Waals surface area contributed by atoms with Crippen molar-refractivity contribution in [3.05, 3.63) is 89.7 Å². The van der Waals surface area contributed by atoms with E-state index in [1.807, 2.05) is 59.5 Å². The van der Waals surface area contributed by atoms with Crippen LogP contribution < -0.4 is 4.74 Å². The van der Waals surface area contributed by atoms with Gasteiger partial charge in [-0.05, 0) is 29.8 Å². The maximum absolute atomic E-state index is 13.3. The smallest absolute Gasteiger partial charge is 0.255 e. The quantitative estimate of drug-likeness (QED) is 0.499. The predicted octanol–water partition coefficient (Wildman–Crippen LogP) is 4.50. The number of fused-ring (bicyclic) bond motifs is 2. The SMILES string of the molecule is COc1ncccc1-c1cccc2c1C(=O)N(CCc1ccc3ccccc3n1)C2. The minimum absolute atomic E-state index is 0.0484. The first-order valence-electron chi connectivity index (χ1n) is 10.00. The first kappa shape index (κ1) is 18.3. The topological polar surface area (TPSA) is 55.3 Å². The van der Waals surface area contributed by atoms with Gasteiger partial charge >= 0.3 is 0 Å². The van der Waals surface area contributed by atoms with E-state index in [-0.39, 0.29) is 5.91 Å². The molecular formula is C25H21N3O2. The normalized spacial score (nSPS) is 13.0. The van der Waals surface area contributed by atoms with Crippen LogP contribution in [0.1, 0.15) is 21.6 Å². The summed E-state index contributed by atoms with van der Waals surface area (Å²) in [5.74, 6) is 0.574. The summed E-state index contributed by atoms with van der Waals surface area (Å²) < 4.78 is 5.42. The molecule has 1 amide bonds. The van der Waals surface area contributed by atoms with Gasteiger partial charge in [0.2, 0.25) is 5.88 Å². The first-order chi connectivity index (χ1) is 14.7. The number of pyridine rings is 2. The number of hydrogen-bond donors (Lipinski definition) is 0. The Labute approximate surface area is 175 Å². The van der Waals surface area contributed by atoms with Crippen LogP contribution >= 0.6 is 0 Å². The number of benzene rings is 2. The second-order valence-electron chi connectivity index (χ2n) is 7.37. The van der Waals surface area contributed by atoms with Gasteiger partial charge < -0.3 is 9.64 Å². The van der Waals surface area contributed by atoms with Crippen molar-refractivity contribution in [1.29, 1.82) is 0 Å². The Balaban J connectivity index is 1.40. The summed E-state index contributed by atoms with van der Waals surface area (Å²) >= 11 is 0. The summed E-state index contributed by atoms with van der Waals surface area (Å²) in [6.45, 7) is 1.24. The van der Waals surface area contributed by atoms with E-state index < -0.39 is 0 Å². The molecule has 5 rings (SSSR count). The molecule has 5 nitrogen and oxygen atoms in total. The summed E-state index contributed by atoms with van der Waals surface area (Å²) in [4.78, 5) is 24.2. The number of aromatic nitrogens is 2. The molecule has 148 valence electrons. The zero-order valence-electron chi connectivity index (χ0n) is 16.7. The molecule has 3 heterocycles. The van der Waals surface area contributed by atoms with Gasteiger partial charge in [-0.25, -0.2) is 4.98 Å². The average molecular weight is 395 g/mol. The maximum Gasteiger partial charge on any atom is 0.255 e. The lowest BCUT2D eigenvalue weighted by Crippen LogP contribution is -2.26. The zero-order valence-corrected chi connectivity index (χ0v) is 16.7. The Morgan fingerprint density at radius 3 is 2.73 bits per heavy atom. The van der Waals surface area contributed by atoms with E-state index in [1.54, 1.807) is 13.3 Å². The Morgan fingerprint density at radius 1 is 0.967 bits per heavy atom. The summed E-state index contributed by atoms with van der Waals surface area (Å²) in [6.07, 6.45) is 2.41. The molecule has 0 bridgehead atoms. The van der Waals surface area contributed by atoms with Crippen molar-refractivity contribution in [2.75, 3.05) is 13.7 Å². The fraction of sp³-hybridized carbons (Fsp3) is 0.160. The average Bonchev–Trinajstić information content (AvgIpc) is 3.13. The van der Waals surface area contributed by atoms with E-state index in [0.29, 0.717) is 19.0 Å². The molecule has 4 aromatic rings. The monoisotopic (exact) mass is 395 g/mol. The Bertz CT molecular complexity index is 1250. The number of nitrogens with zero attached hydrogens (tertiary/aromatic N) is 3. The second kappa shape index (κ2) is 7.59. The minimum atomic E-state index is 0.0484. The van der Waals surface area contributed by atoms with Crippen LogP contribution in [0.15, 0.2) is 72.9 Å². The molecule has 0 saturated heterocycles. The van der Waals surface area contributed by atoms with Crippen LogP contribution in [0, 0.1) is 0 Å². The molecule has 0 aliphatic carbocycles. The highest BCUT2D eigenvalue weighted by atomic mass is 16.5. The van der Waals surface area contributed by atoms with Crippen LogP contribution in [0.4, 0.5) is 0 Å². The van der Waals surface area contributed by atoms with Crippen molar-refractivity contribution in [2.24, 2.45) is 0 Å². The van der Waals surface area contributed by atoms with Gasteiger partial charge in [-0.2, -0.15) is 0 Å². The Hall–Kier alpha value is -3.73. The third kappa shape index (κ3) is 3.18. The fourth-order valence-electron chi connectivity index (χ4n) is 4.08. The van der Waals surface area contributed by atoms with Crippen LogP contribution in [0.5, 0.6) is 5.88 Å². The lowest BCUT2D eigenvalue weighted by Gasteiger charge is -2.16. The van der Waals surface area contributed by atoms with Crippen LogP contribution in [0.3, 0.4) is 0 Å². The van der Waals surface area contributed by atoms with Crippen molar-refractivity contribution in [2.45, 2.75) is 13.0 Å². The third-order valence-corrected chi connectivity index (χ3v) is 5.56. The number of rotatable bonds is 5. The maximum atomic E-state index is 13.3.